The zero-order chi connectivity index (χ0) is 20.8. The Balaban J connectivity index is 1.25. The zero-order valence-corrected chi connectivity index (χ0v) is 17.4. The minimum atomic E-state index is -0.112. The van der Waals surface area contributed by atoms with Gasteiger partial charge in [0.05, 0.1) is 5.92 Å². The van der Waals surface area contributed by atoms with E-state index in [0.717, 1.165) is 38.0 Å². The SMILES string of the molecule is O=C(NC1CCN(c2ccccc2)CC1)C1CCC(=O)N(CCc2ccccn2)C1. The number of hydrogen-bond donors (Lipinski definition) is 1. The average Bonchev–Trinajstić information content (AvgIpc) is 2.80. The van der Waals surface area contributed by atoms with Gasteiger partial charge in [0.15, 0.2) is 0 Å². The number of benzene rings is 1. The summed E-state index contributed by atoms with van der Waals surface area (Å²) in [5, 5.41) is 3.25. The van der Waals surface area contributed by atoms with Gasteiger partial charge in [0.25, 0.3) is 0 Å². The summed E-state index contributed by atoms with van der Waals surface area (Å²) >= 11 is 0. The first kappa shape index (κ1) is 20.4. The van der Waals surface area contributed by atoms with E-state index in [1.54, 1.807) is 6.20 Å². The number of carbonyl (C=O) groups is 2. The minimum absolute atomic E-state index is 0.100. The number of nitrogens with one attached hydrogen (secondary N) is 1. The molecule has 0 bridgehead atoms. The number of amides is 2. The highest BCUT2D eigenvalue weighted by Crippen LogP contribution is 2.22. The zero-order valence-electron chi connectivity index (χ0n) is 17.4. The fraction of sp³-hybridized carbons (Fsp3) is 0.458. The van der Waals surface area contributed by atoms with Crippen LogP contribution in [-0.2, 0) is 16.0 Å². The van der Waals surface area contributed by atoms with Crippen molar-refractivity contribution in [3.05, 3.63) is 60.4 Å². The Labute approximate surface area is 178 Å². The van der Waals surface area contributed by atoms with Crippen LogP contribution in [0.25, 0.3) is 0 Å². The molecule has 1 atom stereocenters. The summed E-state index contributed by atoms with van der Waals surface area (Å²) in [5.74, 6) is 0.133. The molecule has 0 radical (unpaired) electrons. The molecule has 6 nitrogen and oxygen atoms in total. The Morgan fingerprint density at radius 3 is 2.53 bits per heavy atom. The highest BCUT2D eigenvalue weighted by molar-refractivity contribution is 5.84. The van der Waals surface area contributed by atoms with E-state index in [9.17, 15) is 9.59 Å². The monoisotopic (exact) mass is 406 g/mol. The van der Waals surface area contributed by atoms with Crippen LogP contribution in [0.3, 0.4) is 0 Å². The van der Waals surface area contributed by atoms with Gasteiger partial charge in [0.2, 0.25) is 11.8 Å². The molecule has 2 fully saturated rings. The summed E-state index contributed by atoms with van der Waals surface area (Å²) in [6.07, 6.45) is 5.50. The van der Waals surface area contributed by atoms with Crippen LogP contribution in [-0.4, -0.2) is 53.9 Å². The summed E-state index contributed by atoms with van der Waals surface area (Å²) in [5.41, 5.74) is 2.22. The van der Waals surface area contributed by atoms with Gasteiger partial charge >= 0.3 is 0 Å². The molecule has 2 amide bonds. The smallest absolute Gasteiger partial charge is 0.225 e. The van der Waals surface area contributed by atoms with Crippen molar-refractivity contribution in [1.82, 2.24) is 15.2 Å². The molecule has 0 aliphatic carbocycles. The molecule has 4 rings (SSSR count). The maximum absolute atomic E-state index is 12.9. The average molecular weight is 407 g/mol. The van der Waals surface area contributed by atoms with Gasteiger partial charge < -0.3 is 15.1 Å². The van der Waals surface area contributed by atoms with Crippen LogP contribution in [0, 0.1) is 5.92 Å². The van der Waals surface area contributed by atoms with Crippen LogP contribution in [0.4, 0.5) is 5.69 Å². The molecule has 1 aromatic carbocycles. The number of pyridine rings is 1. The van der Waals surface area contributed by atoms with Crippen LogP contribution in [0.5, 0.6) is 0 Å². The second-order valence-electron chi connectivity index (χ2n) is 8.25. The van der Waals surface area contributed by atoms with Crippen molar-refractivity contribution in [1.29, 1.82) is 0 Å². The number of anilines is 1. The fourth-order valence-electron chi connectivity index (χ4n) is 4.38. The molecular weight excluding hydrogens is 376 g/mol. The van der Waals surface area contributed by atoms with Gasteiger partial charge in [0.1, 0.15) is 0 Å². The summed E-state index contributed by atoms with van der Waals surface area (Å²) in [6.45, 7) is 3.04. The van der Waals surface area contributed by atoms with E-state index in [2.05, 4.69) is 39.5 Å². The van der Waals surface area contributed by atoms with Crippen LogP contribution in [0.15, 0.2) is 54.7 Å². The Morgan fingerprint density at radius 1 is 1.03 bits per heavy atom. The van der Waals surface area contributed by atoms with Gasteiger partial charge in [-0.15, -0.1) is 0 Å². The first-order valence-electron chi connectivity index (χ1n) is 11.0. The van der Waals surface area contributed by atoms with E-state index < -0.39 is 0 Å². The Kier molecular flexibility index (Phi) is 6.62. The van der Waals surface area contributed by atoms with Gasteiger partial charge in [-0.3, -0.25) is 14.6 Å². The molecule has 158 valence electrons. The quantitative estimate of drug-likeness (QED) is 0.801. The number of aromatic nitrogens is 1. The highest BCUT2D eigenvalue weighted by atomic mass is 16.2. The Morgan fingerprint density at radius 2 is 1.80 bits per heavy atom. The first-order chi connectivity index (χ1) is 14.7. The topological polar surface area (TPSA) is 65.5 Å². The number of rotatable bonds is 6. The van der Waals surface area contributed by atoms with Crippen LogP contribution >= 0.6 is 0 Å². The highest BCUT2D eigenvalue weighted by Gasteiger charge is 2.31. The molecule has 2 aromatic rings. The number of likely N-dealkylation sites (tertiary alicyclic amines) is 1. The van der Waals surface area contributed by atoms with E-state index in [4.69, 9.17) is 0 Å². The number of para-hydroxylation sites is 1. The summed E-state index contributed by atoms with van der Waals surface area (Å²) < 4.78 is 0. The molecule has 2 aliphatic rings. The summed E-state index contributed by atoms with van der Waals surface area (Å²) in [4.78, 5) is 33.7. The predicted octanol–water partition coefficient (Wildman–Crippen LogP) is 2.65. The van der Waals surface area contributed by atoms with Crippen LogP contribution in [0.1, 0.15) is 31.4 Å². The van der Waals surface area contributed by atoms with Gasteiger partial charge in [-0.25, -0.2) is 0 Å². The number of piperidine rings is 2. The van der Waals surface area contributed by atoms with Crippen molar-refractivity contribution in [3.8, 4) is 0 Å². The molecule has 2 aliphatic heterocycles. The van der Waals surface area contributed by atoms with Crippen molar-refractivity contribution in [2.45, 2.75) is 38.1 Å². The lowest BCUT2D eigenvalue weighted by molar-refractivity contribution is -0.138. The molecule has 3 heterocycles. The Hall–Kier alpha value is -2.89. The van der Waals surface area contributed by atoms with Gasteiger partial charge in [0, 0.05) is 62.6 Å². The van der Waals surface area contributed by atoms with Gasteiger partial charge in [-0.05, 0) is 43.5 Å². The molecule has 1 aromatic heterocycles. The van der Waals surface area contributed by atoms with E-state index >= 15 is 0 Å². The second-order valence-corrected chi connectivity index (χ2v) is 8.25. The van der Waals surface area contributed by atoms with Crippen molar-refractivity contribution in [3.63, 3.8) is 0 Å². The fourth-order valence-corrected chi connectivity index (χ4v) is 4.38. The molecule has 30 heavy (non-hydrogen) atoms. The second kappa shape index (κ2) is 9.74. The van der Waals surface area contributed by atoms with E-state index in [0.29, 0.717) is 25.9 Å². The van der Waals surface area contributed by atoms with Crippen LogP contribution in [0.2, 0.25) is 0 Å². The van der Waals surface area contributed by atoms with E-state index in [1.165, 1.54) is 5.69 Å². The predicted molar refractivity (Wildman–Crippen MR) is 117 cm³/mol. The third-order valence-corrected chi connectivity index (χ3v) is 6.20. The number of carbonyl (C=O) groups excluding carboxylic acids is 2. The van der Waals surface area contributed by atoms with Crippen molar-refractivity contribution < 1.29 is 9.59 Å². The first-order valence-corrected chi connectivity index (χ1v) is 11.0. The van der Waals surface area contributed by atoms with Crippen molar-refractivity contribution in [2.75, 3.05) is 31.1 Å². The van der Waals surface area contributed by atoms with E-state index in [1.807, 2.05) is 29.2 Å². The molecule has 0 spiro atoms. The van der Waals surface area contributed by atoms with Gasteiger partial charge in [-0.2, -0.15) is 0 Å². The van der Waals surface area contributed by atoms with Crippen LogP contribution < -0.4 is 10.2 Å². The number of hydrogen-bond acceptors (Lipinski definition) is 4. The molecule has 1 N–H and O–H groups in total. The van der Waals surface area contributed by atoms with E-state index in [-0.39, 0.29) is 23.8 Å². The molecule has 0 saturated carbocycles. The lowest BCUT2D eigenvalue weighted by Gasteiger charge is -2.36. The summed E-state index contributed by atoms with van der Waals surface area (Å²) in [6, 6.07) is 16.5. The molecule has 6 heteroatoms. The number of nitrogens with zero attached hydrogens (tertiary/aromatic N) is 3. The maximum Gasteiger partial charge on any atom is 0.225 e. The molecular formula is C24H30N4O2. The Bertz CT molecular complexity index is 835. The minimum Gasteiger partial charge on any atom is -0.371 e. The lowest BCUT2D eigenvalue weighted by Crippen LogP contribution is -2.50. The summed E-state index contributed by atoms with van der Waals surface area (Å²) in [7, 11) is 0. The molecule has 2 saturated heterocycles. The standard InChI is InChI=1S/C24H30N4O2/c29-23-10-9-19(18-28(23)17-11-20-6-4-5-14-25-20)24(30)26-21-12-15-27(16-13-21)22-7-2-1-3-8-22/h1-8,14,19,21H,9-13,15-18H2,(H,26,30). The van der Waals surface area contributed by atoms with Crippen molar-refractivity contribution in [2.24, 2.45) is 5.92 Å². The largest absolute Gasteiger partial charge is 0.371 e. The molecule has 1 unspecified atom stereocenters. The third kappa shape index (κ3) is 5.17. The lowest BCUT2D eigenvalue weighted by atomic mass is 9.95. The van der Waals surface area contributed by atoms with Gasteiger partial charge in [-0.1, -0.05) is 24.3 Å². The maximum atomic E-state index is 12.9. The third-order valence-electron chi connectivity index (χ3n) is 6.20. The normalized spacial score (nSPS) is 20.3. The van der Waals surface area contributed by atoms with Crippen molar-refractivity contribution >= 4 is 17.5 Å².